The Morgan fingerprint density at radius 1 is 1.50 bits per heavy atom. The van der Waals surface area contributed by atoms with E-state index >= 15 is 0 Å². The maximum absolute atomic E-state index is 9.43. The van der Waals surface area contributed by atoms with Crippen LogP contribution in [0.1, 0.15) is 0 Å². The number of carbonyl (C=O) groups excluding carboxylic acids is 1. The quantitative estimate of drug-likeness (QED) is 0.305. The van der Waals surface area contributed by atoms with Crippen molar-refractivity contribution in [1.29, 1.82) is 0 Å². The van der Waals surface area contributed by atoms with Gasteiger partial charge in [-0.05, 0) is 0 Å². The molecule has 0 atom stereocenters. The molecule has 0 aliphatic carbocycles. The van der Waals surface area contributed by atoms with E-state index in [1.807, 2.05) is 0 Å². The zero-order valence-corrected chi connectivity index (χ0v) is 3.43. The monoisotopic (exact) mass is 97.1 g/mol. The van der Waals surface area contributed by atoms with E-state index in [2.05, 4.69) is 0 Å². The third kappa shape index (κ3) is 8.82. The predicted octanol–water partition coefficient (Wildman–Crippen LogP) is -0.944. The molecular weight excluding hydrogens is 89.0 g/mol. The van der Waals surface area contributed by atoms with Crippen LogP contribution in [0.25, 0.3) is 0 Å². The van der Waals surface area contributed by atoms with Crippen molar-refractivity contribution in [2.24, 2.45) is 0 Å². The molecular formula is C3H8NNaO. The number of amides is 1. The molecule has 6 heavy (non-hydrogen) atoms. The van der Waals surface area contributed by atoms with Crippen LogP contribution < -0.4 is 0 Å². The van der Waals surface area contributed by atoms with Crippen LogP contribution in [0, 0.1) is 0 Å². The standard InChI is InChI=1S/C3H7NO.Na.H/c1-4(2)3-5;;/h3H,1-2H3;;. The van der Waals surface area contributed by atoms with Crippen LogP contribution in [0.2, 0.25) is 0 Å². The number of hydrogen-bond acceptors (Lipinski definition) is 1. The molecule has 0 unspecified atom stereocenters. The Morgan fingerprint density at radius 3 is 1.67 bits per heavy atom. The average Bonchev–Trinajstić information content (AvgIpc) is 1.38. The topological polar surface area (TPSA) is 20.3 Å². The molecule has 0 aliphatic heterocycles. The number of rotatable bonds is 1. The van der Waals surface area contributed by atoms with Crippen LogP contribution in [0.4, 0.5) is 0 Å². The van der Waals surface area contributed by atoms with E-state index in [0.29, 0.717) is 0 Å². The zero-order chi connectivity index (χ0) is 4.28. The minimum absolute atomic E-state index is 0. The van der Waals surface area contributed by atoms with Crippen LogP contribution in [0.3, 0.4) is 0 Å². The molecule has 0 aromatic rings. The summed E-state index contributed by atoms with van der Waals surface area (Å²) in [6.45, 7) is 0. The van der Waals surface area contributed by atoms with Gasteiger partial charge in [0.1, 0.15) is 0 Å². The van der Waals surface area contributed by atoms with Crippen LogP contribution in [-0.2, 0) is 4.79 Å². The summed E-state index contributed by atoms with van der Waals surface area (Å²) < 4.78 is 0. The van der Waals surface area contributed by atoms with Gasteiger partial charge in [-0.15, -0.1) is 0 Å². The molecule has 2 nitrogen and oxygen atoms in total. The summed E-state index contributed by atoms with van der Waals surface area (Å²) in [7, 11) is 3.38. The van der Waals surface area contributed by atoms with Gasteiger partial charge in [-0.25, -0.2) is 0 Å². The summed E-state index contributed by atoms with van der Waals surface area (Å²) in [6, 6.07) is 0. The maximum atomic E-state index is 9.43. The van der Waals surface area contributed by atoms with Crippen molar-refractivity contribution in [3.05, 3.63) is 0 Å². The van der Waals surface area contributed by atoms with Gasteiger partial charge in [0.05, 0.1) is 0 Å². The Labute approximate surface area is 59.8 Å². The van der Waals surface area contributed by atoms with Crippen molar-refractivity contribution in [3.63, 3.8) is 0 Å². The minimum atomic E-state index is 0. The molecule has 0 spiro atoms. The molecule has 0 aliphatic rings. The normalized spacial score (nSPS) is 5.67. The fraction of sp³-hybridized carbons (Fsp3) is 0.667. The summed E-state index contributed by atoms with van der Waals surface area (Å²) in [6.07, 6.45) is 0.750. The Balaban J connectivity index is 0. The van der Waals surface area contributed by atoms with E-state index in [-0.39, 0.29) is 29.6 Å². The number of hydrogen-bond donors (Lipinski definition) is 0. The first kappa shape index (κ1) is 9.69. The first-order chi connectivity index (χ1) is 2.27. The summed E-state index contributed by atoms with van der Waals surface area (Å²) in [5.41, 5.74) is 0. The van der Waals surface area contributed by atoms with Crippen LogP contribution in [0.5, 0.6) is 0 Å². The Morgan fingerprint density at radius 2 is 1.67 bits per heavy atom. The zero-order valence-electron chi connectivity index (χ0n) is 3.43. The van der Waals surface area contributed by atoms with Crippen LogP contribution >= 0.6 is 0 Å². The molecule has 0 fully saturated rings. The number of nitrogens with zero attached hydrogens (tertiary/aromatic N) is 1. The Hall–Kier alpha value is 0.470. The van der Waals surface area contributed by atoms with Crippen molar-refractivity contribution in [3.8, 4) is 0 Å². The van der Waals surface area contributed by atoms with Crippen molar-refractivity contribution < 1.29 is 4.79 Å². The second-order valence-electron chi connectivity index (χ2n) is 1.07. The summed E-state index contributed by atoms with van der Waals surface area (Å²) in [5, 5.41) is 0. The van der Waals surface area contributed by atoms with E-state index < -0.39 is 0 Å². The van der Waals surface area contributed by atoms with Crippen LogP contribution in [0.15, 0.2) is 0 Å². The van der Waals surface area contributed by atoms with Crippen LogP contribution in [-0.4, -0.2) is 55.0 Å². The fourth-order valence-corrected chi connectivity index (χ4v) is 0. The van der Waals surface area contributed by atoms with E-state index in [9.17, 15) is 4.79 Å². The molecule has 0 saturated heterocycles. The van der Waals surface area contributed by atoms with E-state index in [0.717, 1.165) is 6.41 Å². The summed E-state index contributed by atoms with van der Waals surface area (Å²) in [4.78, 5) is 10.9. The first-order valence-electron chi connectivity index (χ1n) is 1.39. The number of carbonyl (C=O) groups is 1. The Bertz CT molecular complexity index is 37.8. The van der Waals surface area contributed by atoms with Gasteiger partial charge in [-0.1, -0.05) is 0 Å². The molecule has 3 heteroatoms. The predicted molar refractivity (Wildman–Crippen MR) is 26.9 cm³/mol. The molecule has 1 amide bonds. The van der Waals surface area contributed by atoms with Gasteiger partial charge < -0.3 is 4.90 Å². The van der Waals surface area contributed by atoms with Gasteiger partial charge in [0.2, 0.25) is 6.41 Å². The molecule has 0 rings (SSSR count). The SMILES string of the molecule is CN(C)C=O.[NaH]. The molecule has 32 valence electrons. The molecule has 0 heterocycles. The summed E-state index contributed by atoms with van der Waals surface area (Å²) >= 11 is 0. The molecule has 0 radical (unpaired) electrons. The average molecular weight is 97.1 g/mol. The van der Waals surface area contributed by atoms with Gasteiger partial charge >= 0.3 is 29.6 Å². The molecule has 0 saturated carbocycles. The summed E-state index contributed by atoms with van der Waals surface area (Å²) in [5.74, 6) is 0. The van der Waals surface area contributed by atoms with E-state index in [4.69, 9.17) is 0 Å². The van der Waals surface area contributed by atoms with Gasteiger partial charge in [-0.3, -0.25) is 4.79 Å². The van der Waals surface area contributed by atoms with Crippen molar-refractivity contribution in [1.82, 2.24) is 4.90 Å². The molecule has 0 bridgehead atoms. The van der Waals surface area contributed by atoms with Gasteiger partial charge in [0.15, 0.2) is 0 Å². The third-order valence-corrected chi connectivity index (χ3v) is 0.211. The molecule has 0 N–H and O–H groups in total. The molecule has 0 aromatic heterocycles. The fourth-order valence-electron chi connectivity index (χ4n) is 0. The third-order valence-electron chi connectivity index (χ3n) is 0.211. The van der Waals surface area contributed by atoms with Crippen molar-refractivity contribution in [2.75, 3.05) is 14.1 Å². The van der Waals surface area contributed by atoms with Gasteiger partial charge in [-0.2, -0.15) is 0 Å². The van der Waals surface area contributed by atoms with E-state index in [1.165, 1.54) is 4.90 Å². The van der Waals surface area contributed by atoms with Gasteiger partial charge in [0.25, 0.3) is 0 Å². The Kier molecular flexibility index (Phi) is 8.83. The second kappa shape index (κ2) is 5.47. The second-order valence-corrected chi connectivity index (χ2v) is 1.07. The van der Waals surface area contributed by atoms with Crippen molar-refractivity contribution >= 4 is 36.0 Å². The van der Waals surface area contributed by atoms with E-state index in [1.54, 1.807) is 14.1 Å². The van der Waals surface area contributed by atoms with Crippen molar-refractivity contribution in [2.45, 2.75) is 0 Å². The molecule has 0 aromatic carbocycles. The first-order valence-corrected chi connectivity index (χ1v) is 1.39. The van der Waals surface area contributed by atoms with Gasteiger partial charge in [0, 0.05) is 14.1 Å².